The number of fused-ring (bicyclic) bond motifs is 13. The Balaban J connectivity index is 1.19. The molecule has 2 unspecified atom stereocenters. The first-order chi connectivity index (χ1) is 22.5. The number of hydrogen-bond donors (Lipinski definition) is 0. The van der Waals surface area contributed by atoms with Crippen LogP contribution in [0.4, 0.5) is 0 Å². The van der Waals surface area contributed by atoms with E-state index in [1.807, 2.05) is 0 Å². The van der Waals surface area contributed by atoms with Gasteiger partial charge in [0.05, 0.1) is 34.6 Å². The molecule has 2 atom stereocenters. The summed E-state index contributed by atoms with van der Waals surface area (Å²) in [7, 11) is 0. The predicted molar refractivity (Wildman–Crippen MR) is 185 cm³/mol. The average Bonchev–Trinajstić information content (AvgIpc) is 3.79. The van der Waals surface area contributed by atoms with Crippen LogP contribution in [0.5, 0.6) is 0 Å². The third kappa shape index (κ3) is 3.27. The highest BCUT2D eigenvalue weighted by atomic mass is 16.5. The highest BCUT2D eigenvalue weighted by molar-refractivity contribution is 6.00. The highest BCUT2D eigenvalue weighted by Gasteiger charge is 2.44. The van der Waals surface area contributed by atoms with Crippen LogP contribution >= 0.6 is 0 Å². The van der Waals surface area contributed by atoms with Crippen LogP contribution < -0.4 is 0 Å². The van der Waals surface area contributed by atoms with Crippen LogP contribution in [0.1, 0.15) is 110 Å². The van der Waals surface area contributed by atoms with Crippen molar-refractivity contribution < 1.29 is 4.74 Å². The van der Waals surface area contributed by atoms with Gasteiger partial charge in [0.2, 0.25) is 0 Å². The molecule has 6 aliphatic rings. The molecule has 12 rings (SSSR count). The van der Waals surface area contributed by atoms with E-state index in [1.165, 1.54) is 86.7 Å². The maximum atomic E-state index is 6.59. The minimum atomic E-state index is -0.153. The average molecular weight is 597 g/mol. The molecule has 4 aromatic carbocycles. The summed E-state index contributed by atoms with van der Waals surface area (Å²) >= 11 is 0. The van der Waals surface area contributed by atoms with Gasteiger partial charge >= 0.3 is 0 Å². The van der Waals surface area contributed by atoms with E-state index in [9.17, 15) is 0 Å². The van der Waals surface area contributed by atoms with Gasteiger partial charge in [0.25, 0.3) is 0 Å². The summed E-state index contributed by atoms with van der Waals surface area (Å²) in [4.78, 5) is 11.0. The molecule has 6 aromatic rings. The first-order valence-corrected chi connectivity index (χ1v) is 17.4. The Morgan fingerprint density at radius 1 is 0.543 bits per heavy atom. The third-order valence-corrected chi connectivity index (χ3v) is 12.3. The molecule has 4 heterocycles. The van der Waals surface area contributed by atoms with Crippen LogP contribution in [-0.4, -0.2) is 9.97 Å². The Morgan fingerprint density at radius 2 is 1.02 bits per heavy atom. The molecule has 2 fully saturated rings. The number of benzene rings is 4. The SMILES string of the molecule is CC1(C)c2cc3nc(-c4ccccc4)c4c(c3cc2-c2cc3c5c(c(-c6ccccc6)nc3cc21)C1CCC5O1)C1CCC4CC1. The van der Waals surface area contributed by atoms with Crippen molar-refractivity contribution in [2.75, 3.05) is 0 Å². The Labute approximate surface area is 269 Å². The summed E-state index contributed by atoms with van der Waals surface area (Å²) in [6.45, 7) is 4.79. The van der Waals surface area contributed by atoms with Crippen molar-refractivity contribution in [3.8, 4) is 33.6 Å². The number of hydrogen-bond acceptors (Lipinski definition) is 3. The van der Waals surface area contributed by atoms with E-state index in [0.717, 1.165) is 29.6 Å². The summed E-state index contributed by atoms with van der Waals surface area (Å²) in [5.74, 6) is 1.25. The second-order valence-electron chi connectivity index (χ2n) is 15.0. The number of ether oxygens (including phenoxy) is 1. The molecule has 4 bridgehead atoms. The lowest BCUT2D eigenvalue weighted by molar-refractivity contribution is 0.0722. The lowest BCUT2D eigenvalue weighted by Crippen LogP contribution is -2.23. The Kier molecular flexibility index (Phi) is 5.01. The maximum Gasteiger partial charge on any atom is 0.0859 e. The van der Waals surface area contributed by atoms with E-state index in [2.05, 4.69) is 98.8 Å². The normalized spacial score (nSPS) is 24.3. The molecule has 2 aromatic heterocycles. The van der Waals surface area contributed by atoms with E-state index in [0.29, 0.717) is 11.8 Å². The third-order valence-electron chi connectivity index (χ3n) is 12.3. The highest BCUT2D eigenvalue weighted by Crippen LogP contribution is 2.59. The molecule has 224 valence electrons. The fourth-order valence-corrected chi connectivity index (χ4v) is 10.2. The van der Waals surface area contributed by atoms with Crippen LogP contribution in [0.2, 0.25) is 0 Å². The summed E-state index contributed by atoms with van der Waals surface area (Å²) in [6.07, 6.45) is 7.70. The van der Waals surface area contributed by atoms with Crippen LogP contribution in [0.25, 0.3) is 55.4 Å². The van der Waals surface area contributed by atoms with Crippen molar-refractivity contribution in [2.45, 2.75) is 81.8 Å². The minimum absolute atomic E-state index is 0.153. The van der Waals surface area contributed by atoms with Crippen LogP contribution in [0.15, 0.2) is 84.9 Å². The van der Waals surface area contributed by atoms with Crippen LogP contribution in [0, 0.1) is 0 Å². The van der Waals surface area contributed by atoms with Crippen molar-refractivity contribution in [3.63, 3.8) is 0 Å². The molecule has 1 saturated carbocycles. The van der Waals surface area contributed by atoms with Gasteiger partial charge < -0.3 is 4.74 Å². The zero-order valence-corrected chi connectivity index (χ0v) is 26.4. The molecular formula is C43H36N2O. The predicted octanol–water partition coefficient (Wildman–Crippen LogP) is 11.1. The molecular weight excluding hydrogens is 560 g/mol. The summed E-state index contributed by atoms with van der Waals surface area (Å²) in [6, 6.07) is 31.5. The van der Waals surface area contributed by atoms with Gasteiger partial charge in [-0.25, -0.2) is 9.97 Å². The Morgan fingerprint density at radius 3 is 1.59 bits per heavy atom. The fourth-order valence-electron chi connectivity index (χ4n) is 10.2. The summed E-state index contributed by atoms with van der Waals surface area (Å²) in [5, 5.41) is 2.67. The maximum absolute atomic E-state index is 6.59. The van der Waals surface area contributed by atoms with Crippen molar-refractivity contribution in [1.82, 2.24) is 9.97 Å². The molecule has 0 spiro atoms. The zero-order valence-electron chi connectivity index (χ0n) is 26.4. The van der Waals surface area contributed by atoms with E-state index >= 15 is 0 Å². The van der Waals surface area contributed by atoms with Gasteiger partial charge in [-0.1, -0.05) is 74.5 Å². The topological polar surface area (TPSA) is 35.0 Å². The first-order valence-electron chi connectivity index (χ1n) is 17.4. The van der Waals surface area contributed by atoms with Crippen molar-refractivity contribution in [1.29, 1.82) is 0 Å². The minimum Gasteiger partial charge on any atom is -0.365 e. The van der Waals surface area contributed by atoms with E-state index < -0.39 is 0 Å². The molecule has 0 radical (unpaired) electrons. The monoisotopic (exact) mass is 596 g/mol. The van der Waals surface area contributed by atoms with Gasteiger partial charge in [-0.2, -0.15) is 0 Å². The molecule has 3 nitrogen and oxygen atoms in total. The smallest absolute Gasteiger partial charge is 0.0859 e. The number of pyridine rings is 2. The molecule has 2 aliphatic heterocycles. The Bertz CT molecular complexity index is 2280. The van der Waals surface area contributed by atoms with E-state index in [1.54, 1.807) is 11.1 Å². The van der Waals surface area contributed by atoms with Gasteiger partial charge in [0.1, 0.15) is 0 Å². The second-order valence-corrected chi connectivity index (χ2v) is 15.0. The van der Waals surface area contributed by atoms with Crippen LogP contribution in [0.3, 0.4) is 0 Å². The molecule has 3 heteroatoms. The molecule has 1 saturated heterocycles. The van der Waals surface area contributed by atoms with E-state index in [-0.39, 0.29) is 17.6 Å². The van der Waals surface area contributed by atoms with E-state index in [4.69, 9.17) is 14.7 Å². The largest absolute Gasteiger partial charge is 0.365 e. The van der Waals surface area contributed by atoms with Gasteiger partial charge in [0, 0.05) is 32.9 Å². The summed E-state index contributed by atoms with van der Waals surface area (Å²) < 4.78 is 6.59. The quantitative estimate of drug-likeness (QED) is 0.199. The van der Waals surface area contributed by atoms with Crippen molar-refractivity contribution >= 4 is 21.8 Å². The van der Waals surface area contributed by atoms with Gasteiger partial charge in [0.15, 0.2) is 0 Å². The van der Waals surface area contributed by atoms with Crippen LogP contribution in [-0.2, 0) is 10.2 Å². The number of nitrogens with zero attached hydrogens (tertiary/aromatic N) is 2. The lowest BCUT2D eigenvalue weighted by atomic mass is 9.65. The van der Waals surface area contributed by atoms with Crippen molar-refractivity contribution in [3.05, 3.63) is 118 Å². The summed E-state index contributed by atoms with van der Waals surface area (Å²) in [5.41, 5.74) is 18.2. The standard InChI is InChI=1S/C43H36N2O/c1-43(2)31-21-33-29(37-23-13-15-24(16-14-23)38(37)41(44-33)25-9-5-3-6-10-25)19-27(31)28-20-30-34(22-32(28)43)45-42(26-11-7-4-8-12-26)40-36-18-17-35(46-36)39(30)40/h3-12,19-24,35-36H,13-18H2,1-2H3. The Hall–Kier alpha value is -4.34. The van der Waals surface area contributed by atoms with Gasteiger partial charge in [-0.3, -0.25) is 0 Å². The lowest BCUT2D eigenvalue weighted by Gasteiger charge is -2.40. The number of aromatic nitrogens is 2. The zero-order chi connectivity index (χ0) is 30.3. The molecule has 0 amide bonds. The molecule has 0 N–H and O–H groups in total. The fraction of sp³-hybridized carbons (Fsp3) is 0.302. The van der Waals surface area contributed by atoms with Crippen molar-refractivity contribution in [2.24, 2.45) is 0 Å². The molecule has 46 heavy (non-hydrogen) atoms. The van der Waals surface area contributed by atoms with Gasteiger partial charge in [-0.15, -0.1) is 0 Å². The second kappa shape index (κ2) is 8.92. The number of rotatable bonds is 2. The van der Waals surface area contributed by atoms with Gasteiger partial charge in [-0.05, 0) is 114 Å². The first kappa shape index (κ1) is 25.8. The molecule has 4 aliphatic carbocycles.